The average Bonchev–Trinajstić information content (AvgIpc) is 2.13. The minimum atomic E-state index is -1.09. The van der Waals surface area contributed by atoms with Crippen LogP contribution in [0.15, 0.2) is 12.1 Å². The third-order valence-corrected chi connectivity index (χ3v) is 3.01. The van der Waals surface area contributed by atoms with Crippen LogP contribution in [0, 0.1) is 0 Å². The van der Waals surface area contributed by atoms with Gasteiger partial charge >= 0.3 is 5.97 Å². The maximum Gasteiger partial charge on any atom is 0.339 e. The molecule has 3 nitrogen and oxygen atoms in total. The molecule has 0 saturated heterocycles. The maximum atomic E-state index is 11.2. The predicted molar refractivity (Wildman–Crippen MR) is 72.5 cm³/mol. The van der Waals surface area contributed by atoms with E-state index in [1.54, 1.807) is 6.07 Å². The van der Waals surface area contributed by atoms with Crippen LogP contribution in [0.4, 0.5) is 0 Å². The van der Waals surface area contributed by atoms with Crippen LogP contribution in [0.1, 0.15) is 63.0 Å². The Morgan fingerprint density at radius 1 is 0.950 bits per heavy atom. The van der Waals surface area contributed by atoms with Crippen molar-refractivity contribution in [2.45, 2.75) is 52.4 Å². The quantitative estimate of drug-likeness (QED) is 0.750. The van der Waals surface area contributed by atoms with Gasteiger partial charge in [0.25, 0.3) is 0 Å². The van der Waals surface area contributed by atoms with Crippen LogP contribution in [0.5, 0.6) is 5.75 Å². The number of benzene rings is 1. The Hall–Kier alpha value is -0.471. The molecular weight excluding hydrogens is 340 g/mol. The fourth-order valence-corrected chi connectivity index (χ4v) is 1.80. The third kappa shape index (κ3) is 4.82. The molecule has 0 amide bonds. The molecule has 0 unspecified atom stereocenters. The Balaban J connectivity index is 0. The molecule has 0 bridgehead atoms. The summed E-state index contributed by atoms with van der Waals surface area (Å²) in [5.74, 6) is -1.22. The van der Waals surface area contributed by atoms with Gasteiger partial charge in [-0.2, -0.15) is 0 Å². The molecule has 0 atom stereocenters. The normalized spacial score (nSPS) is 11.3. The first-order chi connectivity index (χ1) is 7.94. The van der Waals surface area contributed by atoms with Crippen molar-refractivity contribution in [2.24, 2.45) is 0 Å². The molecule has 1 rings (SSSR count). The number of phenols is 1. The van der Waals surface area contributed by atoms with Crippen molar-refractivity contribution in [1.82, 2.24) is 0 Å². The minimum Gasteiger partial charge on any atom is -0.507 e. The van der Waals surface area contributed by atoms with Crippen LogP contribution in [0.3, 0.4) is 0 Å². The van der Waals surface area contributed by atoms with Crippen molar-refractivity contribution in [1.29, 1.82) is 0 Å². The summed E-state index contributed by atoms with van der Waals surface area (Å²) >= 11 is 0. The molecule has 2 N–H and O–H groups in total. The zero-order valence-corrected chi connectivity index (χ0v) is 14.9. The second-order valence-electron chi connectivity index (χ2n) is 6.73. The van der Waals surface area contributed by atoms with Gasteiger partial charge in [0.1, 0.15) is 11.3 Å². The third-order valence-electron chi connectivity index (χ3n) is 3.01. The van der Waals surface area contributed by atoms with Crippen LogP contribution in [0.25, 0.3) is 0 Å². The average molecular weight is 362 g/mol. The molecule has 1 aromatic rings. The van der Waals surface area contributed by atoms with E-state index in [0.717, 1.165) is 5.56 Å². The second kappa shape index (κ2) is 7.00. The Kier molecular flexibility index (Phi) is 7.63. The smallest absolute Gasteiger partial charge is 0.339 e. The van der Waals surface area contributed by atoms with Crippen molar-refractivity contribution in [3.8, 4) is 5.75 Å². The summed E-state index contributed by atoms with van der Waals surface area (Å²) in [4.78, 5) is 11.2. The number of carboxylic acids is 1. The summed E-state index contributed by atoms with van der Waals surface area (Å²) in [6, 6.07) is 3.47. The first kappa shape index (κ1) is 21.8. The van der Waals surface area contributed by atoms with Crippen LogP contribution in [-0.4, -0.2) is 16.2 Å². The molecule has 20 heavy (non-hydrogen) atoms. The number of rotatable bonds is 1. The summed E-state index contributed by atoms with van der Waals surface area (Å²) in [5.41, 5.74) is 1.12. The van der Waals surface area contributed by atoms with Gasteiger partial charge in [0.05, 0.1) is 0 Å². The van der Waals surface area contributed by atoms with Crippen molar-refractivity contribution < 1.29 is 49.1 Å². The van der Waals surface area contributed by atoms with E-state index in [2.05, 4.69) is 0 Å². The maximum absolute atomic E-state index is 11.2. The molecule has 0 heterocycles. The number of hydrogen-bond acceptors (Lipinski definition) is 2. The van der Waals surface area contributed by atoms with Gasteiger partial charge in [-0.05, 0) is 22.5 Å². The number of aromatic carboxylic acids is 1. The molecular formula is C15H22Fe2O3. The Morgan fingerprint density at radius 2 is 1.40 bits per heavy atom. The molecule has 0 aromatic heterocycles. The topological polar surface area (TPSA) is 57.5 Å². The Morgan fingerprint density at radius 3 is 1.70 bits per heavy atom. The van der Waals surface area contributed by atoms with Crippen molar-refractivity contribution in [3.05, 3.63) is 28.8 Å². The monoisotopic (exact) mass is 362 g/mol. The molecule has 0 aliphatic carbocycles. The fraction of sp³-hybridized carbons (Fsp3) is 0.533. The molecule has 0 saturated carbocycles. The number of carbonyl (C=O) groups is 1. The van der Waals surface area contributed by atoms with E-state index in [9.17, 15) is 15.0 Å². The fourth-order valence-electron chi connectivity index (χ4n) is 1.80. The zero-order chi connectivity index (χ0) is 14.3. The van der Waals surface area contributed by atoms with Gasteiger partial charge in [-0.3, -0.25) is 0 Å². The van der Waals surface area contributed by atoms with Crippen LogP contribution in [-0.2, 0) is 45.0 Å². The molecule has 0 spiro atoms. The van der Waals surface area contributed by atoms with E-state index in [4.69, 9.17) is 0 Å². The van der Waals surface area contributed by atoms with Gasteiger partial charge in [-0.1, -0.05) is 47.6 Å². The van der Waals surface area contributed by atoms with Gasteiger partial charge in [0.15, 0.2) is 0 Å². The zero-order valence-electron chi connectivity index (χ0n) is 12.7. The van der Waals surface area contributed by atoms with Crippen molar-refractivity contribution >= 4 is 5.97 Å². The second-order valence-corrected chi connectivity index (χ2v) is 6.73. The largest absolute Gasteiger partial charge is 0.507 e. The molecule has 0 aliphatic rings. The first-order valence-electron chi connectivity index (χ1n) is 6.06. The van der Waals surface area contributed by atoms with Gasteiger partial charge in [0.2, 0.25) is 0 Å². The molecule has 0 fully saturated rings. The summed E-state index contributed by atoms with van der Waals surface area (Å²) in [7, 11) is 0. The minimum absolute atomic E-state index is 0. The van der Waals surface area contributed by atoms with Gasteiger partial charge in [-0.25, -0.2) is 4.79 Å². The molecule has 5 heteroatoms. The summed E-state index contributed by atoms with van der Waals surface area (Å²) in [5, 5.41) is 19.3. The van der Waals surface area contributed by atoms with E-state index >= 15 is 0 Å². The Bertz CT molecular complexity index is 483. The van der Waals surface area contributed by atoms with E-state index < -0.39 is 5.97 Å². The van der Waals surface area contributed by atoms with E-state index in [-0.39, 0.29) is 56.3 Å². The van der Waals surface area contributed by atoms with Gasteiger partial charge in [0, 0.05) is 39.7 Å². The molecule has 116 valence electrons. The summed E-state index contributed by atoms with van der Waals surface area (Å²) in [6.07, 6.45) is 0. The van der Waals surface area contributed by atoms with E-state index in [0.29, 0.717) is 5.56 Å². The SMILES string of the molecule is CC(C)(C)c1cc(C(=O)O)c(O)c(C(C)(C)C)c1.[Fe].[Fe]. The number of hydrogen-bond donors (Lipinski definition) is 2. The number of aromatic hydroxyl groups is 1. The first-order valence-corrected chi connectivity index (χ1v) is 6.06. The van der Waals surface area contributed by atoms with Crippen LogP contribution >= 0.6 is 0 Å². The predicted octanol–water partition coefficient (Wildman–Crippen LogP) is 3.68. The molecule has 1 aromatic carbocycles. The van der Waals surface area contributed by atoms with Crippen molar-refractivity contribution in [2.75, 3.05) is 0 Å². The number of carboxylic acid groups (broad SMARTS) is 1. The van der Waals surface area contributed by atoms with Gasteiger partial charge < -0.3 is 10.2 Å². The van der Waals surface area contributed by atoms with E-state index in [1.165, 1.54) is 0 Å². The van der Waals surface area contributed by atoms with E-state index in [1.807, 2.05) is 47.6 Å². The summed E-state index contributed by atoms with van der Waals surface area (Å²) in [6.45, 7) is 12.0. The van der Waals surface area contributed by atoms with Gasteiger partial charge in [-0.15, -0.1) is 0 Å². The standard InChI is InChI=1S/C15H22O3.2Fe/c1-14(2,3)9-7-10(13(17)18)12(16)11(8-9)15(4,5)6;;/h7-8,16H,1-6H3,(H,17,18);;. The van der Waals surface area contributed by atoms with Crippen LogP contribution in [0.2, 0.25) is 0 Å². The summed E-state index contributed by atoms with van der Waals surface area (Å²) < 4.78 is 0. The molecule has 0 aliphatic heterocycles. The van der Waals surface area contributed by atoms with Crippen LogP contribution < -0.4 is 0 Å². The Labute approximate surface area is 142 Å². The molecule has 0 radical (unpaired) electrons. The van der Waals surface area contributed by atoms with Crippen molar-refractivity contribution in [3.63, 3.8) is 0 Å².